The lowest BCUT2D eigenvalue weighted by atomic mass is 9.83. The topological polar surface area (TPSA) is 71.5 Å². The maximum absolute atomic E-state index is 13.2. The summed E-state index contributed by atoms with van der Waals surface area (Å²) >= 11 is 0. The Morgan fingerprint density at radius 2 is 2.10 bits per heavy atom. The van der Waals surface area contributed by atoms with Crippen molar-refractivity contribution in [2.24, 2.45) is 5.92 Å². The number of nitrogens with one attached hydrogen (secondary N) is 1. The van der Waals surface area contributed by atoms with E-state index in [1.807, 2.05) is 41.3 Å². The Morgan fingerprint density at radius 3 is 2.83 bits per heavy atom. The predicted octanol–water partition coefficient (Wildman–Crippen LogP) is 3.49. The molecule has 2 heterocycles. The summed E-state index contributed by atoms with van der Waals surface area (Å²) in [5, 5.41) is 3.04. The van der Waals surface area contributed by atoms with E-state index in [4.69, 9.17) is 4.74 Å². The number of para-hydroxylation sites is 1. The Bertz CT molecular complexity index is 825. The Hall–Kier alpha value is -2.89. The number of methoxy groups -OCH3 is 1. The standard InChI is InChI=1S/C23H29N3O3/c1-3-4-14-26-21(27)12-11-19(22(26)18-9-5-6-10-20(18)29-2)23(28)25-16-17-8-7-13-24-15-17/h5-10,13,15,19,22H,3-4,11-12,14,16H2,1-2H3,(H,25,28). The van der Waals surface area contributed by atoms with Crippen molar-refractivity contribution < 1.29 is 14.3 Å². The maximum atomic E-state index is 13.2. The monoisotopic (exact) mass is 395 g/mol. The summed E-state index contributed by atoms with van der Waals surface area (Å²) in [4.78, 5) is 31.9. The van der Waals surface area contributed by atoms with Crippen molar-refractivity contribution in [3.05, 3.63) is 59.9 Å². The van der Waals surface area contributed by atoms with Crippen molar-refractivity contribution in [2.45, 2.75) is 45.2 Å². The molecule has 6 heteroatoms. The highest BCUT2D eigenvalue weighted by atomic mass is 16.5. The third-order valence-corrected chi connectivity index (χ3v) is 5.44. The van der Waals surface area contributed by atoms with Crippen molar-refractivity contribution in [1.82, 2.24) is 15.2 Å². The third kappa shape index (κ3) is 4.94. The first-order valence-corrected chi connectivity index (χ1v) is 10.2. The van der Waals surface area contributed by atoms with E-state index in [2.05, 4.69) is 17.2 Å². The fraction of sp³-hybridized carbons (Fsp3) is 0.435. The number of hydrogen-bond acceptors (Lipinski definition) is 4. The molecule has 1 N–H and O–H groups in total. The van der Waals surface area contributed by atoms with Gasteiger partial charge in [0.05, 0.1) is 19.1 Å². The number of carbonyl (C=O) groups excluding carboxylic acids is 2. The number of rotatable bonds is 8. The first-order chi connectivity index (χ1) is 14.2. The molecule has 1 aliphatic heterocycles. The fourth-order valence-electron chi connectivity index (χ4n) is 3.94. The van der Waals surface area contributed by atoms with Gasteiger partial charge in [-0.1, -0.05) is 37.6 Å². The second-order valence-corrected chi connectivity index (χ2v) is 7.35. The van der Waals surface area contributed by atoms with E-state index in [9.17, 15) is 9.59 Å². The number of amides is 2. The van der Waals surface area contributed by atoms with Crippen molar-refractivity contribution >= 4 is 11.8 Å². The summed E-state index contributed by atoms with van der Waals surface area (Å²) in [5.41, 5.74) is 1.84. The molecule has 2 atom stereocenters. The van der Waals surface area contributed by atoms with Crippen LogP contribution in [0.25, 0.3) is 0 Å². The predicted molar refractivity (Wildman–Crippen MR) is 111 cm³/mol. The number of hydrogen-bond donors (Lipinski definition) is 1. The molecule has 2 amide bonds. The van der Waals surface area contributed by atoms with E-state index in [0.29, 0.717) is 31.7 Å². The number of likely N-dealkylation sites (tertiary alicyclic amines) is 1. The zero-order valence-corrected chi connectivity index (χ0v) is 17.1. The fourth-order valence-corrected chi connectivity index (χ4v) is 3.94. The largest absolute Gasteiger partial charge is 0.496 e. The van der Waals surface area contributed by atoms with Crippen molar-refractivity contribution in [1.29, 1.82) is 0 Å². The lowest BCUT2D eigenvalue weighted by Gasteiger charge is -2.41. The number of nitrogens with zero attached hydrogens (tertiary/aromatic N) is 2. The Labute approximate surface area is 172 Å². The first kappa shape index (κ1) is 20.8. The van der Waals surface area contributed by atoms with Gasteiger partial charge in [0, 0.05) is 37.5 Å². The zero-order valence-electron chi connectivity index (χ0n) is 17.1. The smallest absolute Gasteiger partial charge is 0.225 e. The van der Waals surface area contributed by atoms with Crippen LogP contribution in [0.5, 0.6) is 5.75 Å². The molecule has 1 fully saturated rings. The molecule has 0 bridgehead atoms. The summed E-state index contributed by atoms with van der Waals surface area (Å²) in [6.45, 7) is 3.17. The zero-order chi connectivity index (χ0) is 20.6. The highest BCUT2D eigenvalue weighted by molar-refractivity contribution is 5.85. The number of unbranched alkanes of at least 4 members (excludes halogenated alkanes) is 1. The summed E-state index contributed by atoms with van der Waals surface area (Å²) in [6, 6.07) is 11.1. The van der Waals surface area contributed by atoms with Crippen LogP contribution in [0.15, 0.2) is 48.8 Å². The van der Waals surface area contributed by atoms with Crippen molar-refractivity contribution in [2.75, 3.05) is 13.7 Å². The number of piperidine rings is 1. The van der Waals surface area contributed by atoms with Crippen LogP contribution >= 0.6 is 0 Å². The molecular formula is C23H29N3O3. The summed E-state index contributed by atoms with van der Waals surface area (Å²) < 4.78 is 5.57. The third-order valence-electron chi connectivity index (χ3n) is 5.44. The molecule has 0 radical (unpaired) electrons. The van der Waals surface area contributed by atoms with Crippen LogP contribution < -0.4 is 10.1 Å². The molecule has 29 heavy (non-hydrogen) atoms. The number of benzene rings is 1. The average molecular weight is 396 g/mol. The van der Waals surface area contributed by atoms with Gasteiger partial charge in [0.15, 0.2) is 0 Å². The highest BCUT2D eigenvalue weighted by Crippen LogP contribution is 2.40. The van der Waals surface area contributed by atoms with Gasteiger partial charge in [0.1, 0.15) is 5.75 Å². The van der Waals surface area contributed by atoms with Gasteiger partial charge in [-0.25, -0.2) is 0 Å². The molecule has 6 nitrogen and oxygen atoms in total. The Balaban J connectivity index is 1.88. The molecule has 1 aliphatic rings. The van der Waals surface area contributed by atoms with Gasteiger partial charge in [-0.05, 0) is 30.5 Å². The minimum atomic E-state index is -0.326. The molecule has 2 aromatic rings. The molecule has 0 spiro atoms. The van der Waals surface area contributed by atoms with E-state index in [1.54, 1.807) is 19.5 Å². The maximum Gasteiger partial charge on any atom is 0.225 e. The lowest BCUT2D eigenvalue weighted by molar-refractivity contribution is -0.143. The Morgan fingerprint density at radius 1 is 1.28 bits per heavy atom. The number of aromatic nitrogens is 1. The normalized spacial score (nSPS) is 19.1. The van der Waals surface area contributed by atoms with Gasteiger partial charge in [0.25, 0.3) is 0 Å². The van der Waals surface area contributed by atoms with E-state index in [-0.39, 0.29) is 23.8 Å². The molecule has 154 valence electrons. The minimum Gasteiger partial charge on any atom is -0.496 e. The van der Waals surface area contributed by atoms with Crippen LogP contribution in [0.4, 0.5) is 0 Å². The van der Waals surface area contributed by atoms with Crippen molar-refractivity contribution in [3.63, 3.8) is 0 Å². The van der Waals surface area contributed by atoms with E-state index < -0.39 is 0 Å². The average Bonchev–Trinajstić information content (AvgIpc) is 2.77. The molecule has 3 rings (SSSR count). The van der Waals surface area contributed by atoms with E-state index in [1.165, 1.54) is 0 Å². The number of pyridine rings is 1. The van der Waals surface area contributed by atoms with Gasteiger partial charge < -0.3 is 15.0 Å². The van der Waals surface area contributed by atoms with Crippen molar-refractivity contribution in [3.8, 4) is 5.75 Å². The number of carbonyl (C=O) groups is 2. The second kappa shape index (κ2) is 10.0. The van der Waals surface area contributed by atoms with Gasteiger partial charge in [-0.15, -0.1) is 0 Å². The van der Waals surface area contributed by atoms with Crippen LogP contribution in [0.1, 0.15) is 49.8 Å². The van der Waals surface area contributed by atoms with Crippen LogP contribution in [0.2, 0.25) is 0 Å². The van der Waals surface area contributed by atoms with Crippen LogP contribution in [-0.4, -0.2) is 35.4 Å². The van der Waals surface area contributed by atoms with Crippen LogP contribution in [-0.2, 0) is 16.1 Å². The molecule has 0 aliphatic carbocycles. The molecule has 0 saturated carbocycles. The SMILES string of the molecule is CCCCN1C(=O)CCC(C(=O)NCc2cccnc2)C1c1ccccc1OC. The molecule has 1 aromatic heterocycles. The molecular weight excluding hydrogens is 366 g/mol. The highest BCUT2D eigenvalue weighted by Gasteiger charge is 2.41. The van der Waals surface area contributed by atoms with Gasteiger partial charge in [-0.2, -0.15) is 0 Å². The molecule has 1 aromatic carbocycles. The molecule has 1 saturated heterocycles. The van der Waals surface area contributed by atoms with Gasteiger partial charge in [0.2, 0.25) is 11.8 Å². The quantitative estimate of drug-likeness (QED) is 0.743. The first-order valence-electron chi connectivity index (χ1n) is 10.2. The minimum absolute atomic E-state index is 0.0428. The lowest BCUT2D eigenvalue weighted by Crippen LogP contribution is -2.48. The summed E-state index contributed by atoms with van der Waals surface area (Å²) in [7, 11) is 1.62. The molecule has 2 unspecified atom stereocenters. The van der Waals surface area contributed by atoms with Gasteiger partial charge in [-0.3, -0.25) is 14.6 Å². The van der Waals surface area contributed by atoms with E-state index in [0.717, 1.165) is 24.0 Å². The van der Waals surface area contributed by atoms with E-state index >= 15 is 0 Å². The number of ether oxygens (including phenoxy) is 1. The summed E-state index contributed by atoms with van der Waals surface area (Å²) in [5.74, 6) is 0.445. The Kier molecular flexibility index (Phi) is 7.22. The van der Waals surface area contributed by atoms with Crippen LogP contribution in [0.3, 0.4) is 0 Å². The van der Waals surface area contributed by atoms with Crippen LogP contribution in [0, 0.1) is 5.92 Å². The summed E-state index contributed by atoms with van der Waals surface area (Å²) in [6.07, 6.45) is 6.27. The second-order valence-electron chi connectivity index (χ2n) is 7.35. The van der Waals surface area contributed by atoms with Gasteiger partial charge >= 0.3 is 0 Å².